The van der Waals surface area contributed by atoms with Gasteiger partial charge in [0.2, 0.25) is 0 Å². The van der Waals surface area contributed by atoms with Crippen molar-refractivity contribution >= 4 is 6.21 Å². The van der Waals surface area contributed by atoms with E-state index in [1.807, 2.05) is 25.3 Å². The summed E-state index contributed by atoms with van der Waals surface area (Å²) in [4.78, 5) is 4.10. The molecule has 0 saturated heterocycles. The summed E-state index contributed by atoms with van der Waals surface area (Å²) >= 11 is 0. The van der Waals surface area contributed by atoms with Crippen LogP contribution in [0.1, 0.15) is 13.3 Å². The molecule has 0 radical (unpaired) electrons. The van der Waals surface area contributed by atoms with Gasteiger partial charge in [-0.05, 0) is 13.0 Å². The lowest BCUT2D eigenvalue weighted by atomic mass is 10.4. The van der Waals surface area contributed by atoms with Crippen LogP contribution in [0.3, 0.4) is 0 Å². The number of hydrogen-bond donors (Lipinski definition) is 0. The Balaban J connectivity index is 2.73. The van der Waals surface area contributed by atoms with Gasteiger partial charge in [-0.15, -0.1) is 0 Å². The van der Waals surface area contributed by atoms with Crippen LogP contribution in [-0.4, -0.2) is 6.21 Å². The second kappa shape index (κ2) is 2.46. The van der Waals surface area contributed by atoms with Gasteiger partial charge in [0.15, 0.2) is 0 Å². The summed E-state index contributed by atoms with van der Waals surface area (Å²) in [5.74, 6) is 0. The molecular formula is C7H9N. The summed E-state index contributed by atoms with van der Waals surface area (Å²) in [5.41, 5.74) is 1.08. The highest BCUT2D eigenvalue weighted by Gasteiger charge is 1.81. The molecule has 42 valence electrons. The van der Waals surface area contributed by atoms with Crippen LogP contribution in [0.15, 0.2) is 28.9 Å². The van der Waals surface area contributed by atoms with E-state index in [-0.39, 0.29) is 0 Å². The predicted octanol–water partition coefficient (Wildman–Crippen LogP) is 1.92. The molecule has 1 aliphatic rings. The summed E-state index contributed by atoms with van der Waals surface area (Å²) in [7, 11) is 0. The van der Waals surface area contributed by atoms with E-state index in [2.05, 4.69) is 11.1 Å². The summed E-state index contributed by atoms with van der Waals surface area (Å²) in [6, 6.07) is 0. The van der Waals surface area contributed by atoms with Crippen molar-refractivity contribution in [2.24, 2.45) is 4.99 Å². The van der Waals surface area contributed by atoms with Crippen LogP contribution in [0.25, 0.3) is 0 Å². The van der Waals surface area contributed by atoms with E-state index in [4.69, 9.17) is 0 Å². The van der Waals surface area contributed by atoms with E-state index >= 15 is 0 Å². The summed E-state index contributed by atoms with van der Waals surface area (Å²) < 4.78 is 0. The zero-order valence-corrected chi connectivity index (χ0v) is 4.96. The molecule has 0 aliphatic carbocycles. The standard InChI is InChI=1S/C7H9N/c1-7-5-3-2-4-6-8-7/h2-3,5-6H,4H2,1H3. The average Bonchev–Trinajstić information content (AvgIpc) is 1.94. The van der Waals surface area contributed by atoms with Crippen LogP contribution in [0.4, 0.5) is 0 Å². The van der Waals surface area contributed by atoms with E-state index in [1.54, 1.807) is 0 Å². The molecule has 1 rings (SSSR count). The SMILES string of the molecule is CC1=CC=CCC=N1. The van der Waals surface area contributed by atoms with Crippen molar-refractivity contribution in [2.45, 2.75) is 13.3 Å². The topological polar surface area (TPSA) is 12.4 Å². The number of nitrogens with zero attached hydrogens (tertiary/aromatic N) is 1. The van der Waals surface area contributed by atoms with Crippen LogP contribution in [0.2, 0.25) is 0 Å². The molecule has 0 fully saturated rings. The summed E-state index contributed by atoms with van der Waals surface area (Å²) in [6.45, 7) is 1.99. The third kappa shape index (κ3) is 1.34. The molecule has 0 bridgehead atoms. The fraction of sp³-hybridized carbons (Fsp3) is 0.286. The van der Waals surface area contributed by atoms with Crippen LogP contribution < -0.4 is 0 Å². The van der Waals surface area contributed by atoms with Crippen molar-refractivity contribution in [3.63, 3.8) is 0 Å². The predicted molar refractivity (Wildman–Crippen MR) is 36.0 cm³/mol. The normalized spacial score (nSPS) is 17.9. The van der Waals surface area contributed by atoms with Crippen molar-refractivity contribution < 1.29 is 0 Å². The average molecular weight is 107 g/mol. The lowest BCUT2D eigenvalue weighted by Gasteiger charge is -1.81. The number of allylic oxidation sites excluding steroid dienone is 4. The van der Waals surface area contributed by atoms with Crippen molar-refractivity contribution in [1.29, 1.82) is 0 Å². The number of rotatable bonds is 0. The van der Waals surface area contributed by atoms with Crippen molar-refractivity contribution in [3.05, 3.63) is 23.9 Å². The van der Waals surface area contributed by atoms with Crippen molar-refractivity contribution in [3.8, 4) is 0 Å². The minimum Gasteiger partial charge on any atom is -0.266 e. The van der Waals surface area contributed by atoms with Crippen molar-refractivity contribution in [1.82, 2.24) is 0 Å². The molecule has 0 N–H and O–H groups in total. The number of hydrogen-bond acceptors (Lipinski definition) is 1. The molecule has 0 unspecified atom stereocenters. The fourth-order valence-electron chi connectivity index (χ4n) is 0.586. The van der Waals surface area contributed by atoms with Gasteiger partial charge in [-0.3, -0.25) is 4.99 Å². The Morgan fingerprint density at radius 1 is 1.62 bits per heavy atom. The first-order valence-corrected chi connectivity index (χ1v) is 2.75. The molecule has 1 aliphatic heterocycles. The van der Waals surface area contributed by atoms with Gasteiger partial charge in [0.25, 0.3) is 0 Å². The van der Waals surface area contributed by atoms with Gasteiger partial charge in [0.05, 0.1) is 0 Å². The molecule has 0 amide bonds. The van der Waals surface area contributed by atoms with Gasteiger partial charge in [-0.2, -0.15) is 0 Å². The molecule has 0 spiro atoms. The van der Waals surface area contributed by atoms with Crippen LogP contribution in [0, 0.1) is 0 Å². The summed E-state index contributed by atoms with van der Waals surface area (Å²) in [5, 5.41) is 0. The van der Waals surface area contributed by atoms with Gasteiger partial charge in [-0.1, -0.05) is 12.2 Å². The monoisotopic (exact) mass is 107 g/mol. The first kappa shape index (κ1) is 5.29. The van der Waals surface area contributed by atoms with E-state index < -0.39 is 0 Å². The lowest BCUT2D eigenvalue weighted by molar-refractivity contribution is 1.31. The Labute approximate surface area is 49.4 Å². The highest BCUT2D eigenvalue weighted by atomic mass is 14.7. The van der Waals surface area contributed by atoms with Crippen LogP contribution >= 0.6 is 0 Å². The summed E-state index contributed by atoms with van der Waals surface area (Å²) in [6.07, 6.45) is 9.00. The largest absolute Gasteiger partial charge is 0.266 e. The highest BCUT2D eigenvalue weighted by molar-refractivity contribution is 5.61. The van der Waals surface area contributed by atoms with E-state index in [0.717, 1.165) is 12.1 Å². The maximum atomic E-state index is 4.10. The Bertz CT molecular complexity index is 152. The quantitative estimate of drug-likeness (QED) is 0.448. The second-order valence-electron chi connectivity index (χ2n) is 1.78. The fourth-order valence-corrected chi connectivity index (χ4v) is 0.586. The zero-order chi connectivity index (χ0) is 5.82. The highest BCUT2D eigenvalue weighted by Crippen LogP contribution is 1.98. The maximum Gasteiger partial charge on any atom is 0.0368 e. The first-order valence-electron chi connectivity index (χ1n) is 2.75. The Hall–Kier alpha value is -0.850. The van der Waals surface area contributed by atoms with Gasteiger partial charge < -0.3 is 0 Å². The maximum absolute atomic E-state index is 4.10. The van der Waals surface area contributed by atoms with Crippen LogP contribution in [0.5, 0.6) is 0 Å². The third-order valence-electron chi connectivity index (χ3n) is 1.01. The molecule has 0 saturated carbocycles. The number of aliphatic imine (C=N–C) groups is 1. The van der Waals surface area contributed by atoms with Gasteiger partial charge in [0.1, 0.15) is 0 Å². The first-order chi connectivity index (χ1) is 3.89. The van der Waals surface area contributed by atoms with E-state index in [9.17, 15) is 0 Å². The van der Waals surface area contributed by atoms with Gasteiger partial charge in [0, 0.05) is 18.3 Å². The Morgan fingerprint density at radius 3 is 3.38 bits per heavy atom. The Morgan fingerprint density at radius 2 is 2.50 bits per heavy atom. The molecule has 8 heavy (non-hydrogen) atoms. The molecule has 0 aromatic heterocycles. The second-order valence-corrected chi connectivity index (χ2v) is 1.78. The van der Waals surface area contributed by atoms with E-state index in [0.29, 0.717) is 0 Å². The van der Waals surface area contributed by atoms with Crippen molar-refractivity contribution in [2.75, 3.05) is 0 Å². The molecular weight excluding hydrogens is 98.1 g/mol. The minimum atomic E-state index is 0.966. The lowest BCUT2D eigenvalue weighted by Crippen LogP contribution is -1.66. The molecule has 0 atom stereocenters. The van der Waals surface area contributed by atoms with Crippen LogP contribution in [-0.2, 0) is 0 Å². The van der Waals surface area contributed by atoms with E-state index in [1.165, 1.54) is 0 Å². The zero-order valence-electron chi connectivity index (χ0n) is 4.96. The molecule has 1 nitrogen and oxygen atoms in total. The smallest absolute Gasteiger partial charge is 0.0368 e. The molecule has 0 aromatic carbocycles. The minimum absolute atomic E-state index is 0.966. The molecule has 0 aromatic rings. The third-order valence-corrected chi connectivity index (χ3v) is 1.01. The van der Waals surface area contributed by atoms with Gasteiger partial charge in [-0.25, -0.2) is 0 Å². The Kier molecular flexibility index (Phi) is 1.62. The van der Waals surface area contributed by atoms with Gasteiger partial charge >= 0.3 is 0 Å². The molecule has 1 heterocycles. The molecule has 1 heteroatoms.